The smallest absolute Gasteiger partial charge is 0.101 e. The second-order valence-corrected chi connectivity index (χ2v) is 4.69. The van der Waals surface area contributed by atoms with Crippen molar-refractivity contribution in [2.45, 2.75) is 13.5 Å². The number of benzene rings is 2. The van der Waals surface area contributed by atoms with E-state index >= 15 is 0 Å². The number of para-hydroxylation sites is 1. The molecule has 19 heavy (non-hydrogen) atoms. The second-order valence-electron chi connectivity index (χ2n) is 4.69. The van der Waals surface area contributed by atoms with Crippen LogP contribution >= 0.6 is 0 Å². The van der Waals surface area contributed by atoms with Gasteiger partial charge in [-0.15, -0.1) is 0 Å². The third kappa shape index (κ3) is 2.86. The van der Waals surface area contributed by atoms with Crippen molar-refractivity contribution in [1.82, 2.24) is 0 Å². The number of nitrogens with zero attached hydrogens (tertiary/aromatic N) is 2. The third-order valence-corrected chi connectivity index (χ3v) is 3.15. The number of anilines is 2. The highest BCUT2D eigenvalue weighted by atomic mass is 15.1. The van der Waals surface area contributed by atoms with Crippen LogP contribution in [0.1, 0.15) is 16.7 Å². The molecule has 0 saturated carbocycles. The molecule has 0 bridgehead atoms. The van der Waals surface area contributed by atoms with Crippen LogP contribution in [0.3, 0.4) is 0 Å². The molecule has 96 valence electrons. The molecular formula is C16H17N3. The van der Waals surface area contributed by atoms with Crippen LogP contribution in [0.15, 0.2) is 42.5 Å². The fraction of sp³-hybridized carbons (Fsp3) is 0.188. The Morgan fingerprint density at radius 1 is 1.21 bits per heavy atom. The molecule has 2 aromatic carbocycles. The molecule has 0 radical (unpaired) electrons. The third-order valence-electron chi connectivity index (χ3n) is 3.15. The van der Waals surface area contributed by atoms with E-state index in [2.05, 4.69) is 11.0 Å². The Hall–Kier alpha value is -2.47. The SMILES string of the molecule is Cc1ccc(C#N)c(N(C)Cc2ccccc2N)c1. The highest BCUT2D eigenvalue weighted by molar-refractivity contribution is 5.61. The Morgan fingerprint density at radius 2 is 1.95 bits per heavy atom. The average Bonchev–Trinajstić information content (AvgIpc) is 2.41. The summed E-state index contributed by atoms with van der Waals surface area (Å²) in [4.78, 5) is 2.05. The van der Waals surface area contributed by atoms with Crippen LogP contribution in [0.5, 0.6) is 0 Å². The van der Waals surface area contributed by atoms with Crippen molar-refractivity contribution in [1.29, 1.82) is 5.26 Å². The van der Waals surface area contributed by atoms with Gasteiger partial charge >= 0.3 is 0 Å². The summed E-state index contributed by atoms with van der Waals surface area (Å²) in [6, 6.07) is 15.9. The molecule has 0 aliphatic rings. The lowest BCUT2D eigenvalue weighted by atomic mass is 10.1. The molecule has 0 amide bonds. The van der Waals surface area contributed by atoms with Gasteiger partial charge in [0.15, 0.2) is 0 Å². The molecule has 0 aromatic heterocycles. The molecule has 2 N–H and O–H groups in total. The van der Waals surface area contributed by atoms with E-state index in [1.165, 1.54) is 0 Å². The van der Waals surface area contributed by atoms with Crippen LogP contribution in [0.2, 0.25) is 0 Å². The number of aryl methyl sites for hydroxylation is 1. The molecule has 0 fully saturated rings. The normalized spacial score (nSPS) is 9.95. The molecule has 3 heteroatoms. The first-order chi connectivity index (χ1) is 9.11. The fourth-order valence-corrected chi connectivity index (χ4v) is 2.07. The Morgan fingerprint density at radius 3 is 2.63 bits per heavy atom. The predicted molar refractivity (Wildman–Crippen MR) is 78.9 cm³/mol. The summed E-state index contributed by atoms with van der Waals surface area (Å²) in [6.45, 7) is 2.71. The number of rotatable bonds is 3. The van der Waals surface area contributed by atoms with E-state index in [-0.39, 0.29) is 0 Å². The van der Waals surface area contributed by atoms with Crippen molar-refractivity contribution in [3.05, 3.63) is 59.2 Å². The quantitative estimate of drug-likeness (QED) is 0.853. The van der Waals surface area contributed by atoms with Crippen molar-refractivity contribution in [2.24, 2.45) is 0 Å². The lowest BCUT2D eigenvalue weighted by Crippen LogP contribution is -2.18. The highest BCUT2D eigenvalue weighted by Crippen LogP contribution is 2.23. The van der Waals surface area contributed by atoms with Crippen molar-refractivity contribution < 1.29 is 0 Å². The first-order valence-corrected chi connectivity index (χ1v) is 6.17. The van der Waals surface area contributed by atoms with Gasteiger partial charge in [0.05, 0.1) is 11.3 Å². The van der Waals surface area contributed by atoms with E-state index in [4.69, 9.17) is 5.73 Å². The summed E-state index contributed by atoms with van der Waals surface area (Å²) in [5.41, 5.74) is 10.6. The van der Waals surface area contributed by atoms with Gasteiger partial charge in [-0.25, -0.2) is 0 Å². The monoisotopic (exact) mass is 251 g/mol. The maximum Gasteiger partial charge on any atom is 0.101 e. The first kappa shape index (κ1) is 13.0. The maximum absolute atomic E-state index is 9.18. The summed E-state index contributed by atoms with van der Waals surface area (Å²) in [5, 5.41) is 9.18. The number of nitrogens with two attached hydrogens (primary N) is 1. The minimum Gasteiger partial charge on any atom is -0.398 e. The molecule has 0 aliphatic heterocycles. The van der Waals surface area contributed by atoms with Crippen LogP contribution in [0.4, 0.5) is 11.4 Å². The topological polar surface area (TPSA) is 53.0 Å². The lowest BCUT2D eigenvalue weighted by Gasteiger charge is -2.22. The maximum atomic E-state index is 9.18. The molecule has 0 saturated heterocycles. The van der Waals surface area contributed by atoms with Crippen LogP contribution in [0, 0.1) is 18.3 Å². The van der Waals surface area contributed by atoms with E-state index < -0.39 is 0 Å². The molecule has 0 heterocycles. The zero-order valence-corrected chi connectivity index (χ0v) is 11.2. The van der Waals surface area contributed by atoms with Gasteiger partial charge in [-0.05, 0) is 36.2 Å². The van der Waals surface area contributed by atoms with Gasteiger partial charge in [0, 0.05) is 19.3 Å². The molecule has 0 aliphatic carbocycles. The van der Waals surface area contributed by atoms with Gasteiger partial charge < -0.3 is 10.6 Å². The van der Waals surface area contributed by atoms with Crippen molar-refractivity contribution in [2.75, 3.05) is 17.7 Å². The van der Waals surface area contributed by atoms with Gasteiger partial charge in [-0.1, -0.05) is 24.3 Å². The van der Waals surface area contributed by atoms with Gasteiger partial charge in [-0.2, -0.15) is 5.26 Å². The predicted octanol–water partition coefficient (Wildman–Crippen LogP) is 3.09. The van der Waals surface area contributed by atoms with Crippen LogP contribution < -0.4 is 10.6 Å². The lowest BCUT2D eigenvalue weighted by molar-refractivity contribution is 0.922. The molecule has 2 rings (SSSR count). The molecule has 3 nitrogen and oxygen atoms in total. The zero-order chi connectivity index (χ0) is 13.8. The van der Waals surface area contributed by atoms with E-state index in [1.54, 1.807) is 0 Å². The van der Waals surface area contributed by atoms with Crippen molar-refractivity contribution in [3.63, 3.8) is 0 Å². The summed E-state index contributed by atoms with van der Waals surface area (Å²) < 4.78 is 0. The molecule has 0 unspecified atom stereocenters. The minimum absolute atomic E-state index is 0.683. The minimum atomic E-state index is 0.683. The van der Waals surface area contributed by atoms with Gasteiger partial charge in [0.25, 0.3) is 0 Å². The van der Waals surface area contributed by atoms with E-state index in [9.17, 15) is 5.26 Å². The Labute approximate surface area is 113 Å². The van der Waals surface area contributed by atoms with E-state index in [1.807, 2.05) is 56.4 Å². The zero-order valence-electron chi connectivity index (χ0n) is 11.2. The molecule has 0 atom stereocenters. The molecular weight excluding hydrogens is 234 g/mol. The Bertz CT molecular complexity index is 626. The summed E-state index contributed by atoms with van der Waals surface area (Å²) in [7, 11) is 1.97. The number of nitrogen functional groups attached to an aromatic ring is 1. The number of hydrogen-bond donors (Lipinski definition) is 1. The van der Waals surface area contributed by atoms with Crippen molar-refractivity contribution in [3.8, 4) is 6.07 Å². The largest absolute Gasteiger partial charge is 0.398 e. The highest BCUT2D eigenvalue weighted by Gasteiger charge is 2.09. The van der Waals surface area contributed by atoms with Crippen LogP contribution in [-0.2, 0) is 6.54 Å². The second kappa shape index (κ2) is 5.45. The van der Waals surface area contributed by atoms with E-state index in [0.29, 0.717) is 12.1 Å². The van der Waals surface area contributed by atoms with Gasteiger partial charge in [0.2, 0.25) is 0 Å². The van der Waals surface area contributed by atoms with Crippen LogP contribution in [0.25, 0.3) is 0 Å². The summed E-state index contributed by atoms with van der Waals surface area (Å²) >= 11 is 0. The molecule has 0 spiro atoms. The van der Waals surface area contributed by atoms with Gasteiger partial charge in [-0.3, -0.25) is 0 Å². The molecule has 2 aromatic rings. The number of hydrogen-bond acceptors (Lipinski definition) is 3. The fourth-order valence-electron chi connectivity index (χ4n) is 2.07. The van der Waals surface area contributed by atoms with Gasteiger partial charge in [0.1, 0.15) is 6.07 Å². The van der Waals surface area contributed by atoms with E-state index in [0.717, 1.165) is 22.5 Å². The first-order valence-electron chi connectivity index (χ1n) is 6.17. The Balaban J connectivity index is 2.30. The summed E-state index contributed by atoms with van der Waals surface area (Å²) in [6.07, 6.45) is 0. The number of nitriles is 1. The standard InChI is InChI=1S/C16H17N3/c1-12-7-8-13(10-17)16(9-12)19(2)11-14-5-3-4-6-15(14)18/h3-9H,11,18H2,1-2H3. The average molecular weight is 251 g/mol. The summed E-state index contributed by atoms with van der Waals surface area (Å²) in [5.74, 6) is 0. The van der Waals surface area contributed by atoms with Crippen molar-refractivity contribution >= 4 is 11.4 Å². The van der Waals surface area contributed by atoms with Crippen LogP contribution in [-0.4, -0.2) is 7.05 Å². The Kier molecular flexibility index (Phi) is 3.72.